The van der Waals surface area contributed by atoms with Crippen molar-refractivity contribution in [2.24, 2.45) is 5.92 Å². The lowest BCUT2D eigenvalue weighted by Crippen LogP contribution is -2.33. The van der Waals surface area contributed by atoms with Crippen LogP contribution in [0.25, 0.3) is 5.69 Å². The van der Waals surface area contributed by atoms with Crippen LogP contribution in [0.15, 0.2) is 54.9 Å². The monoisotopic (exact) mass is 381 g/mol. The van der Waals surface area contributed by atoms with E-state index in [1.807, 2.05) is 60.3 Å². The Bertz CT molecular complexity index is 960. The second-order valence-corrected chi connectivity index (χ2v) is 6.90. The number of benzene rings is 1. The summed E-state index contributed by atoms with van der Waals surface area (Å²) in [6.07, 6.45) is 3.95. The zero-order valence-corrected chi connectivity index (χ0v) is 16.1. The topological polar surface area (TPSA) is 95.0 Å². The molecule has 0 spiro atoms. The molecule has 2 heterocycles. The largest absolute Gasteiger partial charge is 0.390 e. The molecule has 0 saturated carbocycles. The maximum Gasteiger partial charge on any atom is 0.390 e. The molecule has 2 aromatic heterocycles. The molecule has 28 heavy (non-hydrogen) atoms. The van der Waals surface area contributed by atoms with Gasteiger partial charge >= 0.3 is 5.82 Å². The molecule has 8 heteroatoms. The number of aryl methyl sites for hydroxylation is 1. The summed E-state index contributed by atoms with van der Waals surface area (Å²) in [5.74, 6) is -0.708. The zero-order valence-electron chi connectivity index (χ0n) is 16.1. The number of nitro groups is 1. The van der Waals surface area contributed by atoms with Gasteiger partial charge < -0.3 is 20.0 Å². The highest BCUT2D eigenvalue weighted by Crippen LogP contribution is 2.17. The standard InChI is InChI=1S/C20H23N5O3/c1-14(13-24-15(2)12-19(22-24)25(27)28)20(26)21-16(3)17-6-8-18(9-7-17)23-10-4-5-11-23/h4-12,14,16H,13H2,1-3H3,(H,21,26). The minimum atomic E-state index is -0.534. The highest BCUT2D eigenvalue weighted by atomic mass is 16.6. The van der Waals surface area contributed by atoms with Gasteiger partial charge in [-0.25, -0.2) is 0 Å². The predicted octanol–water partition coefficient (Wildman–Crippen LogP) is 3.40. The third kappa shape index (κ3) is 4.28. The highest BCUT2D eigenvalue weighted by Gasteiger charge is 2.22. The quantitative estimate of drug-likeness (QED) is 0.501. The SMILES string of the molecule is Cc1cc([N+](=O)[O-])nn1CC(C)C(=O)NC(C)c1ccc(-n2cccc2)cc1. The van der Waals surface area contributed by atoms with Crippen LogP contribution < -0.4 is 5.32 Å². The number of aromatic nitrogens is 3. The predicted molar refractivity (Wildman–Crippen MR) is 105 cm³/mol. The van der Waals surface area contributed by atoms with Gasteiger partial charge in [-0.3, -0.25) is 4.79 Å². The lowest BCUT2D eigenvalue weighted by atomic mass is 10.1. The lowest BCUT2D eigenvalue weighted by molar-refractivity contribution is -0.389. The van der Waals surface area contributed by atoms with Crippen molar-refractivity contribution in [1.82, 2.24) is 19.7 Å². The second-order valence-electron chi connectivity index (χ2n) is 6.90. The van der Waals surface area contributed by atoms with Gasteiger partial charge in [0, 0.05) is 18.1 Å². The Balaban J connectivity index is 1.61. The van der Waals surface area contributed by atoms with Gasteiger partial charge in [0.05, 0.1) is 35.4 Å². The van der Waals surface area contributed by atoms with E-state index in [0.29, 0.717) is 5.69 Å². The Kier molecular flexibility index (Phi) is 5.58. The van der Waals surface area contributed by atoms with Crippen LogP contribution in [-0.2, 0) is 11.3 Å². The molecule has 1 amide bonds. The number of amides is 1. The van der Waals surface area contributed by atoms with Crippen LogP contribution in [0.2, 0.25) is 0 Å². The van der Waals surface area contributed by atoms with E-state index in [1.54, 1.807) is 13.8 Å². The number of hydrogen-bond acceptors (Lipinski definition) is 4. The van der Waals surface area contributed by atoms with E-state index < -0.39 is 4.92 Å². The molecule has 146 valence electrons. The van der Waals surface area contributed by atoms with Gasteiger partial charge in [0.2, 0.25) is 5.91 Å². The van der Waals surface area contributed by atoms with E-state index in [4.69, 9.17) is 0 Å². The fourth-order valence-corrected chi connectivity index (χ4v) is 2.99. The summed E-state index contributed by atoms with van der Waals surface area (Å²) in [7, 11) is 0. The summed E-state index contributed by atoms with van der Waals surface area (Å²) in [6, 6.07) is 13.2. The van der Waals surface area contributed by atoms with Crippen molar-refractivity contribution in [3.05, 3.63) is 76.2 Å². The van der Waals surface area contributed by atoms with Gasteiger partial charge in [-0.2, -0.15) is 4.68 Å². The Labute approximate surface area is 162 Å². The van der Waals surface area contributed by atoms with Crippen LogP contribution in [0.3, 0.4) is 0 Å². The average Bonchev–Trinajstić information content (AvgIpc) is 3.32. The second kappa shape index (κ2) is 8.08. The molecule has 0 saturated heterocycles. The van der Waals surface area contributed by atoms with E-state index in [9.17, 15) is 14.9 Å². The van der Waals surface area contributed by atoms with Gasteiger partial charge in [0.15, 0.2) is 0 Å². The molecule has 0 aliphatic rings. The number of carbonyl (C=O) groups is 1. The third-order valence-electron chi connectivity index (χ3n) is 4.70. The normalized spacial score (nSPS) is 13.1. The van der Waals surface area contributed by atoms with Gasteiger partial charge in [0.1, 0.15) is 0 Å². The fraction of sp³-hybridized carbons (Fsp3) is 0.300. The Hall–Kier alpha value is -3.42. The van der Waals surface area contributed by atoms with Crippen LogP contribution >= 0.6 is 0 Å². The van der Waals surface area contributed by atoms with E-state index in [2.05, 4.69) is 10.4 Å². The zero-order chi connectivity index (χ0) is 20.3. The lowest BCUT2D eigenvalue weighted by Gasteiger charge is -2.18. The average molecular weight is 381 g/mol. The molecule has 8 nitrogen and oxygen atoms in total. The smallest absolute Gasteiger partial charge is 0.358 e. The third-order valence-corrected chi connectivity index (χ3v) is 4.70. The van der Waals surface area contributed by atoms with Crippen molar-refractivity contribution >= 4 is 11.7 Å². The van der Waals surface area contributed by atoms with Crippen LogP contribution in [0.1, 0.15) is 31.1 Å². The molecule has 0 fully saturated rings. The van der Waals surface area contributed by atoms with Crippen molar-refractivity contribution in [1.29, 1.82) is 0 Å². The number of hydrogen-bond donors (Lipinski definition) is 1. The first-order valence-corrected chi connectivity index (χ1v) is 9.07. The van der Waals surface area contributed by atoms with Crippen molar-refractivity contribution < 1.29 is 9.72 Å². The van der Waals surface area contributed by atoms with E-state index in [0.717, 1.165) is 11.3 Å². The maximum absolute atomic E-state index is 12.5. The van der Waals surface area contributed by atoms with Crippen molar-refractivity contribution in [3.63, 3.8) is 0 Å². The summed E-state index contributed by atoms with van der Waals surface area (Å²) in [6.45, 7) is 5.73. The first-order chi connectivity index (χ1) is 13.3. The van der Waals surface area contributed by atoms with Crippen molar-refractivity contribution in [2.75, 3.05) is 0 Å². The molecule has 3 rings (SSSR count). The Morgan fingerprint density at radius 1 is 1.21 bits per heavy atom. The number of carbonyl (C=O) groups excluding carboxylic acids is 1. The summed E-state index contributed by atoms with van der Waals surface area (Å²) in [5.41, 5.74) is 2.71. The summed E-state index contributed by atoms with van der Waals surface area (Å²) >= 11 is 0. The van der Waals surface area contributed by atoms with E-state index in [-0.39, 0.29) is 30.2 Å². The maximum atomic E-state index is 12.5. The minimum absolute atomic E-state index is 0.125. The van der Waals surface area contributed by atoms with Crippen LogP contribution in [0.4, 0.5) is 5.82 Å². The van der Waals surface area contributed by atoms with Gasteiger partial charge in [-0.15, -0.1) is 0 Å². The van der Waals surface area contributed by atoms with Crippen molar-refractivity contribution in [3.8, 4) is 5.69 Å². The van der Waals surface area contributed by atoms with E-state index in [1.165, 1.54) is 10.7 Å². The van der Waals surface area contributed by atoms with Gasteiger partial charge in [-0.05, 0) is 48.6 Å². The molecule has 0 bridgehead atoms. The molecule has 2 atom stereocenters. The summed E-state index contributed by atoms with van der Waals surface area (Å²) in [5, 5.41) is 17.8. The molecular formula is C20H23N5O3. The molecular weight excluding hydrogens is 358 g/mol. The molecule has 0 radical (unpaired) electrons. The number of rotatable bonds is 7. The number of nitrogens with one attached hydrogen (secondary N) is 1. The summed E-state index contributed by atoms with van der Waals surface area (Å²) in [4.78, 5) is 22.8. The van der Waals surface area contributed by atoms with Crippen molar-refractivity contribution in [2.45, 2.75) is 33.4 Å². The van der Waals surface area contributed by atoms with Gasteiger partial charge in [-0.1, -0.05) is 19.1 Å². The molecule has 0 aliphatic carbocycles. The summed E-state index contributed by atoms with van der Waals surface area (Å²) < 4.78 is 3.51. The first-order valence-electron chi connectivity index (χ1n) is 9.07. The van der Waals surface area contributed by atoms with Gasteiger partial charge in [0.25, 0.3) is 0 Å². The molecule has 3 aromatic rings. The molecule has 1 aromatic carbocycles. The first kappa shape index (κ1) is 19.3. The van der Waals surface area contributed by atoms with E-state index >= 15 is 0 Å². The Morgan fingerprint density at radius 2 is 1.86 bits per heavy atom. The Morgan fingerprint density at radius 3 is 2.43 bits per heavy atom. The molecule has 2 unspecified atom stereocenters. The van der Waals surface area contributed by atoms with Crippen LogP contribution in [0.5, 0.6) is 0 Å². The minimum Gasteiger partial charge on any atom is -0.358 e. The van der Waals surface area contributed by atoms with Crippen LogP contribution in [0, 0.1) is 23.0 Å². The fourth-order valence-electron chi connectivity index (χ4n) is 2.99. The number of nitrogens with zero attached hydrogens (tertiary/aromatic N) is 4. The molecule has 1 N–H and O–H groups in total. The molecule has 0 aliphatic heterocycles. The highest BCUT2D eigenvalue weighted by molar-refractivity contribution is 5.78. The van der Waals surface area contributed by atoms with Crippen LogP contribution in [-0.4, -0.2) is 25.2 Å².